The van der Waals surface area contributed by atoms with E-state index >= 15 is 0 Å². The molecule has 2 heterocycles. The van der Waals surface area contributed by atoms with E-state index in [4.69, 9.17) is 9.47 Å². The number of aryl methyl sites for hydroxylation is 2. The molecule has 0 unspecified atom stereocenters. The van der Waals surface area contributed by atoms with Crippen molar-refractivity contribution in [1.29, 1.82) is 0 Å². The second-order valence-corrected chi connectivity index (χ2v) is 16.6. The standard InChI is InChI=1S/2C26H21NO2.C6H12.2CH4.Hf/c2*1-17-15-21(20-11-5-8-14-25(20)29-2)26(28)24(16-17)27-22-12-6-3-9-18(22)19-10-4-7-13-23(19)27;1-2-4-6-5-3-1;;;/h2*3-16,28H,1-2H3;1-6H2;2*1H4;. The zero-order chi connectivity index (χ0) is 44.2. The summed E-state index contributed by atoms with van der Waals surface area (Å²) in [6.45, 7) is 4.10. The molecule has 8 aromatic carbocycles. The maximum atomic E-state index is 11.4. The number of fused-ring (bicyclic) bond motifs is 6. The molecule has 67 heavy (non-hydrogen) atoms. The largest absolute Gasteiger partial charge is 0.505 e. The summed E-state index contributed by atoms with van der Waals surface area (Å²) in [7, 11) is 3.30. The van der Waals surface area contributed by atoms with Gasteiger partial charge in [-0.25, -0.2) is 0 Å². The molecule has 7 heteroatoms. The van der Waals surface area contributed by atoms with E-state index in [0.29, 0.717) is 0 Å². The smallest absolute Gasteiger partial charge is 0.147 e. The molecule has 11 rings (SSSR count). The summed E-state index contributed by atoms with van der Waals surface area (Å²) in [5, 5.41) is 27.5. The van der Waals surface area contributed by atoms with Crippen molar-refractivity contribution in [3.63, 3.8) is 0 Å². The number of hydrogen-bond donors (Lipinski definition) is 2. The minimum absolute atomic E-state index is 0. The molecule has 2 N–H and O–H groups in total. The molecule has 1 fully saturated rings. The van der Waals surface area contributed by atoms with Crippen LogP contribution in [0, 0.1) is 13.8 Å². The van der Waals surface area contributed by atoms with Crippen LogP contribution in [-0.4, -0.2) is 33.6 Å². The average Bonchev–Trinajstić information content (AvgIpc) is 3.86. The zero-order valence-corrected chi connectivity index (χ0v) is 41.1. The van der Waals surface area contributed by atoms with E-state index in [0.717, 1.165) is 78.3 Å². The average molecular weight is 1050 g/mol. The van der Waals surface area contributed by atoms with Gasteiger partial charge in [-0.15, -0.1) is 0 Å². The molecule has 0 aliphatic heterocycles. The van der Waals surface area contributed by atoms with Gasteiger partial charge >= 0.3 is 0 Å². The number of ether oxygens (including phenoxy) is 2. The Morgan fingerprint density at radius 2 is 0.642 bits per heavy atom. The molecule has 2 aromatic heterocycles. The van der Waals surface area contributed by atoms with Gasteiger partial charge in [-0.2, -0.15) is 0 Å². The minimum Gasteiger partial charge on any atom is -0.505 e. The Labute approximate surface area is 414 Å². The fraction of sp³-hybridized carbons (Fsp3) is 0.200. The number of aromatic nitrogens is 2. The summed E-state index contributed by atoms with van der Waals surface area (Å²) in [6, 6.07) is 56.9. The molecule has 1 aliphatic carbocycles. The van der Waals surface area contributed by atoms with Crippen LogP contribution in [0.15, 0.2) is 170 Å². The Morgan fingerprint density at radius 3 is 0.940 bits per heavy atom. The third-order valence-electron chi connectivity index (χ3n) is 12.4. The number of para-hydroxylation sites is 6. The topological polar surface area (TPSA) is 68.8 Å². The molecule has 340 valence electrons. The van der Waals surface area contributed by atoms with E-state index in [9.17, 15) is 10.2 Å². The second kappa shape index (κ2) is 22.3. The summed E-state index contributed by atoms with van der Waals surface area (Å²) in [6.07, 6.45) is 9.00. The molecule has 1 saturated carbocycles. The number of phenolic OH excluding ortho intramolecular Hbond substituents is 2. The third kappa shape index (κ3) is 9.80. The van der Waals surface area contributed by atoms with Crippen molar-refractivity contribution in [3.8, 4) is 56.6 Å². The number of hydrogen-bond acceptors (Lipinski definition) is 4. The van der Waals surface area contributed by atoms with Crippen LogP contribution in [0.2, 0.25) is 0 Å². The maximum absolute atomic E-state index is 11.4. The van der Waals surface area contributed by atoms with Crippen LogP contribution in [0.1, 0.15) is 64.5 Å². The van der Waals surface area contributed by atoms with Crippen molar-refractivity contribution >= 4 is 43.6 Å². The van der Waals surface area contributed by atoms with Gasteiger partial charge in [0.1, 0.15) is 23.0 Å². The Hall–Kier alpha value is -6.57. The predicted octanol–water partition coefficient (Wildman–Crippen LogP) is 16.6. The van der Waals surface area contributed by atoms with Crippen LogP contribution in [0.4, 0.5) is 0 Å². The van der Waals surface area contributed by atoms with Crippen LogP contribution in [-0.2, 0) is 25.8 Å². The Bertz CT molecular complexity index is 2940. The van der Waals surface area contributed by atoms with Gasteiger partial charge in [0.15, 0.2) is 0 Å². The van der Waals surface area contributed by atoms with Gasteiger partial charge in [0.25, 0.3) is 0 Å². The summed E-state index contributed by atoms with van der Waals surface area (Å²) >= 11 is 0. The predicted molar refractivity (Wildman–Crippen MR) is 280 cm³/mol. The number of methoxy groups -OCH3 is 2. The first-order valence-corrected chi connectivity index (χ1v) is 22.3. The van der Waals surface area contributed by atoms with Gasteiger partial charge in [-0.05, 0) is 85.6 Å². The van der Waals surface area contributed by atoms with E-state index < -0.39 is 0 Å². The number of rotatable bonds is 6. The SMILES string of the molecule is C.C.C1CCCCC1.COc1ccccc1-c1cc(C)cc(-n2c3ccccc3c3ccccc32)c1O.COc1ccccc1-c1cc(C)cc(-n2c3ccccc3c3ccccc32)c1O.[Hf]. The number of aromatic hydroxyl groups is 2. The van der Waals surface area contributed by atoms with Crippen molar-refractivity contribution < 1.29 is 45.5 Å². The van der Waals surface area contributed by atoms with E-state index in [1.165, 1.54) is 60.1 Å². The zero-order valence-electron chi connectivity index (χ0n) is 37.5. The summed E-state index contributed by atoms with van der Waals surface area (Å²) in [5.74, 6) is 1.96. The van der Waals surface area contributed by atoms with Crippen LogP contribution in [0.25, 0.3) is 77.2 Å². The first-order valence-electron chi connectivity index (χ1n) is 22.3. The van der Waals surface area contributed by atoms with Gasteiger partial charge in [0.2, 0.25) is 0 Å². The Morgan fingerprint density at radius 1 is 0.373 bits per heavy atom. The fourth-order valence-corrected chi connectivity index (χ4v) is 9.43. The monoisotopic (exact) mass is 1050 g/mol. The van der Waals surface area contributed by atoms with E-state index in [2.05, 4.69) is 95.8 Å². The first kappa shape index (κ1) is 49.9. The molecular weight excluding hydrogens is 991 g/mol. The van der Waals surface area contributed by atoms with E-state index in [1.807, 2.05) is 97.1 Å². The summed E-state index contributed by atoms with van der Waals surface area (Å²) in [4.78, 5) is 0. The molecule has 0 saturated heterocycles. The molecule has 0 spiro atoms. The van der Waals surface area contributed by atoms with E-state index in [1.54, 1.807) is 14.2 Å². The van der Waals surface area contributed by atoms with E-state index in [-0.39, 0.29) is 52.2 Å². The minimum atomic E-state index is 0. The number of phenols is 2. The fourth-order valence-electron chi connectivity index (χ4n) is 9.43. The van der Waals surface area contributed by atoms with Crippen molar-refractivity contribution in [2.45, 2.75) is 67.2 Å². The van der Waals surface area contributed by atoms with Crippen LogP contribution >= 0.6 is 0 Å². The van der Waals surface area contributed by atoms with Crippen molar-refractivity contribution in [3.05, 3.63) is 181 Å². The summed E-state index contributed by atoms with van der Waals surface area (Å²) < 4.78 is 15.4. The first-order chi connectivity index (χ1) is 31.4. The van der Waals surface area contributed by atoms with Crippen LogP contribution in [0.3, 0.4) is 0 Å². The van der Waals surface area contributed by atoms with Crippen molar-refractivity contribution in [2.75, 3.05) is 14.2 Å². The molecule has 0 amide bonds. The molecule has 0 bridgehead atoms. The van der Waals surface area contributed by atoms with Crippen molar-refractivity contribution in [1.82, 2.24) is 9.13 Å². The second-order valence-electron chi connectivity index (χ2n) is 16.6. The maximum Gasteiger partial charge on any atom is 0.147 e. The number of nitrogens with zero attached hydrogens (tertiary/aromatic N) is 2. The van der Waals surface area contributed by atoms with Crippen molar-refractivity contribution in [2.24, 2.45) is 0 Å². The molecule has 1 aliphatic rings. The number of benzene rings is 8. The summed E-state index contributed by atoms with van der Waals surface area (Å²) in [5.41, 5.74) is 11.2. The van der Waals surface area contributed by atoms with Gasteiger partial charge in [0.05, 0.1) is 47.7 Å². The molecule has 10 aromatic rings. The van der Waals surface area contributed by atoms with Gasteiger partial charge in [-0.3, -0.25) is 0 Å². The normalized spacial score (nSPS) is 11.9. The van der Waals surface area contributed by atoms with Gasteiger partial charge < -0.3 is 28.8 Å². The third-order valence-corrected chi connectivity index (χ3v) is 12.4. The van der Waals surface area contributed by atoms with Gasteiger partial charge in [-0.1, -0.05) is 163 Å². The quantitative estimate of drug-likeness (QED) is 0.163. The van der Waals surface area contributed by atoms with Crippen LogP contribution in [0.5, 0.6) is 23.0 Å². The molecular formula is C60H62HfN2O4. The Balaban J connectivity index is 0.000000189. The molecule has 6 nitrogen and oxygen atoms in total. The molecule has 0 atom stereocenters. The Kier molecular flexibility index (Phi) is 16.6. The van der Waals surface area contributed by atoms with Crippen LogP contribution < -0.4 is 9.47 Å². The van der Waals surface area contributed by atoms with Gasteiger partial charge in [0, 0.05) is 69.6 Å². The molecule has 0 radical (unpaired) electrons.